The molecule has 1 N–H and O–H groups in total. The zero-order valence-corrected chi connectivity index (χ0v) is 15.6. The summed E-state index contributed by atoms with van der Waals surface area (Å²) in [6.45, 7) is 1.97. The van der Waals surface area contributed by atoms with Gasteiger partial charge in [-0.2, -0.15) is 5.26 Å². The second-order valence-corrected chi connectivity index (χ2v) is 5.90. The first kappa shape index (κ1) is 19.9. The zero-order valence-electron chi connectivity index (χ0n) is 14.9. The first-order valence-electron chi connectivity index (χ1n) is 7.92. The molecule has 0 bridgehead atoms. The van der Waals surface area contributed by atoms with Crippen LogP contribution in [0.5, 0.6) is 11.5 Å². The van der Waals surface area contributed by atoms with E-state index >= 15 is 0 Å². The van der Waals surface area contributed by atoms with Crippen LogP contribution in [0, 0.1) is 30.6 Å². The Bertz CT molecular complexity index is 968. The fourth-order valence-electron chi connectivity index (χ4n) is 2.20. The van der Waals surface area contributed by atoms with Crippen molar-refractivity contribution in [1.29, 1.82) is 5.26 Å². The maximum Gasteiger partial charge on any atom is 0.266 e. The molecular formula is C21H17ClN2O3. The topological polar surface area (TPSA) is 71.3 Å². The highest BCUT2D eigenvalue weighted by Crippen LogP contribution is 2.29. The van der Waals surface area contributed by atoms with Crippen LogP contribution in [-0.2, 0) is 4.79 Å². The van der Waals surface area contributed by atoms with Gasteiger partial charge in [0.15, 0.2) is 11.5 Å². The molecule has 2 aromatic carbocycles. The highest BCUT2D eigenvalue weighted by molar-refractivity contribution is 6.31. The number of amides is 1. The number of nitrogens with one attached hydrogen (secondary N) is 1. The van der Waals surface area contributed by atoms with Gasteiger partial charge in [0.2, 0.25) is 0 Å². The molecule has 136 valence electrons. The van der Waals surface area contributed by atoms with Gasteiger partial charge < -0.3 is 14.8 Å². The van der Waals surface area contributed by atoms with Crippen LogP contribution in [0.2, 0.25) is 5.02 Å². The molecule has 0 spiro atoms. The van der Waals surface area contributed by atoms with E-state index in [4.69, 9.17) is 27.5 Å². The molecule has 6 heteroatoms. The summed E-state index contributed by atoms with van der Waals surface area (Å²) in [4.78, 5) is 12.4. The molecule has 27 heavy (non-hydrogen) atoms. The number of anilines is 1. The normalized spacial score (nSPS) is 10.5. The second-order valence-electron chi connectivity index (χ2n) is 5.49. The van der Waals surface area contributed by atoms with Crippen molar-refractivity contribution >= 4 is 29.3 Å². The molecule has 2 rings (SSSR count). The summed E-state index contributed by atoms with van der Waals surface area (Å²) in [6.07, 6.45) is 6.64. The van der Waals surface area contributed by atoms with Crippen LogP contribution >= 0.6 is 11.6 Å². The minimum atomic E-state index is -0.538. The van der Waals surface area contributed by atoms with Crippen LogP contribution in [0.15, 0.2) is 42.0 Å². The van der Waals surface area contributed by atoms with Gasteiger partial charge in [-0.05, 0) is 48.4 Å². The number of carbonyl (C=O) groups excluding carboxylic acids is 1. The second kappa shape index (κ2) is 9.33. The summed E-state index contributed by atoms with van der Waals surface area (Å²) in [7, 11) is 1.49. The summed E-state index contributed by atoms with van der Waals surface area (Å²) in [5.74, 6) is 2.76. The van der Waals surface area contributed by atoms with Gasteiger partial charge in [0, 0.05) is 10.7 Å². The molecule has 0 unspecified atom stereocenters. The van der Waals surface area contributed by atoms with Crippen LogP contribution < -0.4 is 14.8 Å². The third-order valence-corrected chi connectivity index (χ3v) is 4.01. The fraction of sp³-hybridized carbons (Fsp3) is 0.143. The number of hydrogen-bond acceptors (Lipinski definition) is 4. The zero-order chi connectivity index (χ0) is 19.8. The third-order valence-electron chi connectivity index (χ3n) is 3.60. The summed E-state index contributed by atoms with van der Waals surface area (Å²) < 4.78 is 10.6. The van der Waals surface area contributed by atoms with Crippen molar-refractivity contribution in [3.05, 3.63) is 58.1 Å². The molecule has 0 aliphatic heterocycles. The monoisotopic (exact) mass is 380 g/mol. The van der Waals surface area contributed by atoms with Gasteiger partial charge in [-0.3, -0.25) is 4.79 Å². The number of carbonyl (C=O) groups is 1. The van der Waals surface area contributed by atoms with Gasteiger partial charge in [-0.25, -0.2) is 0 Å². The predicted molar refractivity (Wildman–Crippen MR) is 106 cm³/mol. The number of aryl methyl sites for hydroxylation is 1. The van der Waals surface area contributed by atoms with E-state index in [1.165, 1.54) is 13.2 Å². The Morgan fingerprint density at radius 1 is 1.30 bits per heavy atom. The molecule has 0 aromatic heterocycles. The number of halogens is 1. The fourth-order valence-corrected chi connectivity index (χ4v) is 2.38. The smallest absolute Gasteiger partial charge is 0.266 e. The molecule has 0 radical (unpaired) electrons. The van der Waals surface area contributed by atoms with E-state index in [0.717, 1.165) is 5.56 Å². The summed E-state index contributed by atoms with van der Waals surface area (Å²) in [6, 6.07) is 12.0. The minimum Gasteiger partial charge on any atom is -0.493 e. The number of benzene rings is 2. The molecule has 0 saturated carbocycles. The molecule has 0 aliphatic rings. The lowest BCUT2D eigenvalue weighted by Crippen LogP contribution is -2.13. The van der Waals surface area contributed by atoms with Gasteiger partial charge in [-0.15, -0.1) is 6.42 Å². The molecule has 0 aliphatic carbocycles. The summed E-state index contributed by atoms with van der Waals surface area (Å²) >= 11 is 6.06. The van der Waals surface area contributed by atoms with Crippen molar-refractivity contribution in [2.45, 2.75) is 6.92 Å². The van der Waals surface area contributed by atoms with Crippen molar-refractivity contribution in [3.8, 4) is 29.9 Å². The van der Waals surface area contributed by atoms with Crippen molar-refractivity contribution < 1.29 is 14.3 Å². The van der Waals surface area contributed by atoms with Crippen LogP contribution in [0.4, 0.5) is 5.69 Å². The average Bonchev–Trinajstić information content (AvgIpc) is 2.67. The number of methoxy groups -OCH3 is 1. The number of ether oxygens (including phenoxy) is 2. The van der Waals surface area contributed by atoms with Crippen LogP contribution in [0.1, 0.15) is 11.1 Å². The number of nitrogens with zero attached hydrogens (tertiary/aromatic N) is 1. The SMILES string of the molecule is C#CCOc1ccc(/C=C(/C#N)C(=O)Nc2ccc(C)c(Cl)c2)cc1OC. The van der Waals surface area contributed by atoms with E-state index < -0.39 is 5.91 Å². The molecule has 0 heterocycles. The highest BCUT2D eigenvalue weighted by atomic mass is 35.5. The number of terminal acetylenes is 1. The molecular weight excluding hydrogens is 364 g/mol. The first-order valence-corrected chi connectivity index (χ1v) is 8.30. The van der Waals surface area contributed by atoms with E-state index in [1.54, 1.807) is 36.4 Å². The van der Waals surface area contributed by atoms with E-state index in [2.05, 4.69) is 11.2 Å². The standard InChI is InChI=1S/C21H17ClN2O3/c1-4-9-27-19-8-6-15(11-20(19)26-3)10-16(13-23)21(25)24-17-7-5-14(2)18(22)12-17/h1,5-8,10-12H,9H2,2-3H3,(H,24,25)/b16-10-. The van der Waals surface area contributed by atoms with Gasteiger partial charge >= 0.3 is 0 Å². The van der Waals surface area contributed by atoms with Gasteiger partial charge in [-0.1, -0.05) is 29.7 Å². The Kier molecular flexibility index (Phi) is 6.88. The Morgan fingerprint density at radius 2 is 2.07 bits per heavy atom. The van der Waals surface area contributed by atoms with Crippen LogP contribution in [0.25, 0.3) is 6.08 Å². The minimum absolute atomic E-state index is 0.0638. The summed E-state index contributed by atoms with van der Waals surface area (Å²) in [5, 5.41) is 12.5. The number of rotatable bonds is 6. The van der Waals surface area contributed by atoms with Crippen LogP contribution in [-0.4, -0.2) is 19.6 Å². The average molecular weight is 381 g/mol. The predicted octanol–water partition coefficient (Wildman–Crippen LogP) is 4.21. The van der Waals surface area contributed by atoms with Gasteiger partial charge in [0.05, 0.1) is 7.11 Å². The molecule has 2 aromatic rings. The summed E-state index contributed by atoms with van der Waals surface area (Å²) in [5.41, 5.74) is 1.94. The number of hydrogen-bond donors (Lipinski definition) is 1. The highest BCUT2D eigenvalue weighted by Gasteiger charge is 2.12. The Hall–Kier alpha value is -3.41. The van der Waals surface area contributed by atoms with Crippen LogP contribution in [0.3, 0.4) is 0 Å². The third kappa shape index (κ3) is 5.28. The van der Waals surface area contributed by atoms with Crippen molar-refractivity contribution in [2.24, 2.45) is 0 Å². The van der Waals surface area contributed by atoms with Gasteiger partial charge in [0.25, 0.3) is 5.91 Å². The Labute approximate surface area is 163 Å². The van der Waals surface area contributed by atoms with Gasteiger partial charge in [0.1, 0.15) is 18.2 Å². The molecule has 0 atom stereocenters. The maximum absolute atomic E-state index is 12.4. The van der Waals surface area contributed by atoms with E-state index in [1.807, 2.05) is 13.0 Å². The first-order chi connectivity index (χ1) is 13.0. The van der Waals surface area contributed by atoms with Crippen molar-refractivity contribution in [1.82, 2.24) is 0 Å². The molecule has 5 nitrogen and oxygen atoms in total. The lowest BCUT2D eigenvalue weighted by Gasteiger charge is -2.10. The Balaban J connectivity index is 2.24. The lowest BCUT2D eigenvalue weighted by atomic mass is 10.1. The van der Waals surface area contributed by atoms with Crippen molar-refractivity contribution in [3.63, 3.8) is 0 Å². The van der Waals surface area contributed by atoms with Crippen molar-refractivity contribution in [2.75, 3.05) is 19.0 Å². The lowest BCUT2D eigenvalue weighted by molar-refractivity contribution is -0.112. The van der Waals surface area contributed by atoms with E-state index in [0.29, 0.717) is 27.8 Å². The quantitative estimate of drug-likeness (QED) is 0.463. The molecule has 0 saturated heterocycles. The molecule has 1 amide bonds. The van der Waals surface area contributed by atoms with E-state index in [9.17, 15) is 10.1 Å². The Morgan fingerprint density at radius 3 is 2.70 bits per heavy atom. The maximum atomic E-state index is 12.4. The largest absolute Gasteiger partial charge is 0.493 e. The molecule has 0 fully saturated rings. The number of nitriles is 1. The van der Waals surface area contributed by atoms with E-state index in [-0.39, 0.29) is 12.2 Å².